The van der Waals surface area contributed by atoms with Gasteiger partial charge in [-0.1, -0.05) is 33.0 Å². The first-order valence-corrected chi connectivity index (χ1v) is 4.94. The molecule has 0 unspecified atom stereocenters. The van der Waals surface area contributed by atoms with Gasteiger partial charge in [0, 0.05) is 18.2 Å². The molecule has 1 heterocycles. The van der Waals surface area contributed by atoms with E-state index in [0.29, 0.717) is 11.2 Å². The molecule has 3 nitrogen and oxygen atoms in total. The van der Waals surface area contributed by atoms with Gasteiger partial charge in [0.25, 0.3) is 0 Å². The van der Waals surface area contributed by atoms with Crippen LogP contribution < -0.4 is 0 Å². The molecule has 0 spiro atoms. The topological polar surface area (TPSA) is 37.9 Å². The molecule has 0 fully saturated rings. The molecular formula is C10H16N2OS. The van der Waals surface area contributed by atoms with Crippen molar-refractivity contribution in [1.29, 1.82) is 0 Å². The summed E-state index contributed by atoms with van der Waals surface area (Å²) in [5.41, 5.74) is 0.953. The second-order valence-corrected chi connectivity index (χ2v) is 4.69. The van der Waals surface area contributed by atoms with E-state index in [2.05, 4.69) is 30.7 Å². The molecule has 4 heteroatoms. The lowest BCUT2D eigenvalue weighted by Crippen LogP contribution is -2.17. The third-order valence-corrected chi connectivity index (χ3v) is 2.02. The Morgan fingerprint density at radius 2 is 2.14 bits per heavy atom. The van der Waals surface area contributed by atoms with Gasteiger partial charge in [-0.25, -0.2) is 4.98 Å². The lowest BCUT2D eigenvalue weighted by atomic mass is 9.96. The number of rotatable bonds is 2. The van der Waals surface area contributed by atoms with E-state index < -0.39 is 0 Å². The number of aromatic amines is 1. The van der Waals surface area contributed by atoms with Crippen LogP contribution in [0.2, 0.25) is 0 Å². The molecule has 14 heavy (non-hydrogen) atoms. The van der Waals surface area contributed by atoms with E-state index in [1.165, 1.54) is 0 Å². The van der Waals surface area contributed by atoms with Gasteiger partial charge in [0.05, 0.1) is 6.61 Å². The number of ether oxygens (including phenoxy) is 1. The molecule has 1 rings (SSSR count). The number of hydrogen-bond acceptors (Lipinski definition) is 3. The van der Waals surface area contributed by atoms with Crippen LogP contribution in [-0.4, -0.2) is 17.1 Å². The Morgan fingerprint density at radius 1 is 1.50 bits per heavy atom. The minimum atomic E-state index is -0.0166. The predicted molar refractivity (Wildman–Crippen MR) is 58.8 cm³/mol. The van der Waals surface area contributed by atoms with Crippen molar-refractivity contribution in [2.24, 2.45) is 0 Å². The first-order valence-electron chi connectivity index (χ1n) is 4.53. The highest BCUT2D eigenvalue weighted by molar-refractivity contribution is 7.71. The number of nitrogens with zero attached hydrogens (tertiary/aromatic N) is 1. The Balaban J connectivity index is 3.14. The number of methoxy groups -OCH3 is 1. The first kappa shape index (κ1) is 11.3. The Bertz CT molecular complexity index is 365. The molecule has 0 saturated heterocycles. The molecule has 1 aromatic rings. The second kappa shape index (κ2) is 4.19. The molecule has 0 aliphatic rings. The SMILES string of the molecule is COCc1cc(=S)nc(C(C)(C)C)[nH]1. The summed E-state index contributed by atoms with van der Waals surface area (Å²) in [6, 6.07) is 1.83. The van der Waals surface area contributed by atoms with Gasteiger partial charge in [0.2, 0.25) is 0 Å². The van der Waals surface area contributed by atoms with E-state index in [9.17, 15) is 0 Å². The number of aromatic nitrogens is 2. The smallest absolute Gasteiger partial charge is 0.130 e. The Morgan fingerprint density at radius 3 is 2.64 bits per heavy atom. The van der Waals surface area contributed by atoms with Gasteiger partial charge in [0.15, 0.2) is 0 Å². The fraction of sp³-hybridized carbons (Fsp3) is 0.600. The van der Waals surface area contributed by atoms with Crippen molar-refractivity contribution in [3.8, 4) is 0 Å². The van der Waals surface area contributed by atoms with Crippen molar-refractivity contribution in [2.75, 3.05) is 7.11 Å². The molecule has 1 N–H and O–H groups in total. The zero-order valence-corrected chi connectivity index (χ0v) is 9.86. The summed E-state index contributed by atoms with van der Waals surface area (Å²) in [5, 5.41) is 0. The fourth-order valence-corrected chi connectivity index (χ4v) is 1.33. The number of nitrogens with one attached hydrogen (secondary N) is 1. The largest absolute Gasteiger partial charge is 0.378 e. The summed E-state index contributed by atoms with van der Waals surface area (Å²) in [6.07, 6.45) is 0. The maximum atomic E-state index is 5.08. The summed E-state index contributed by atoms with van der Waals surface area (Å²) in [4.78, 5) is 7.51. The summed E-state index contributed by atoms with van der Waals surface area (Å²) in [5.74, 6) is 0.900. The van der Waals surface area contributed by atoms with Crippen LogP contribution in [0.3, 0.4) is 0 Å². The van der Waals surface area contributed by atoms with Crippen LogP contribution >= 0.6 is 12.2 Å². The van der Waals surface area contributed by atoms with Crippen LogP contribution in [0.15, 0.2) is 6.07 Å². The zero-order valence-electron chi connectivity index (χ0n) is 9.05. The Hall–Kier alpha value is -0.740. The summed E-state index contributed by atoms with van der Waals surface area (Å²) < 4.78 is 5.66. The summed E-state index contributed by atoms with van der Waals surface area (Å²) in [6.45, 7) is 6.82. The first-order chi connectivity index (χ1) is 6.43. The lowest BCUT2D eigenvalue weighted by Gasteiger charge is -2.18. The van der Waals surface area contributed by atoms with E-state index in [4.69, 9.17) is 17.0 Å². The molecule has 0 radical (unpaired) electrons. The highest BCUT2D eigenvalue weighted by Crippen LogP contribution is 2.18. The van der Waals surface area contributed by atoms with Crippen LogP contribution in [0.5, 0.6) is 0 Å². The molecule has 0 amide bonds. The normalized spacial score (nSPS) is 11.7. The number of H-pyrrole nitrogens is 1. The van der Waals surface area contributed by atoms with Crippen molar-refractivity contribution >= 4 is 12.2 Å². The lowest BCUT2D eigenvalue weighted by molar-refractivity contribution is 0.181. The minimum Gasteiger partial charge on any atom is -0.378 e. The van der Waals surface area contributed by atoms with Gasteiger partial charge in [0.1, 0.15) is 10.5 Å². The molecule has 1 aromatic heterocycles. The monoisotopic (exact) mass is 212 g/mol. The zero-order chi connectivity index (χ0) is 10.8. The quantitative estimate of drug-likeness (QED) is 0.766. The second-order valence-electron chi connectivity index (χ2n) is 4.28. The number of hydrogen-bond donors (Lipinski definition) is 1. The molecule has 0 saturated carbocycles. The van der Waals surface area contributed by atoms with Crippen LogP contribution in [-0.2, 0) is 16.8 Å². The van der Waals surface area contributed by atoms with Crippen LogP contribution in [0.1, 0.15) is 32.3 Å². The molecule has 0 aliphatic heterocycles. The van der Waals surface area contributed by atoms with Crippen molar-refractivity contribution in [3.63, 3.8) is 0 Å². The standard InChI is InChI=1S/C10H16N2OS/c1-10(2,3)9-11-7(6-13-4)5-8(14)12-9/h5H,6H2,1-4H3,(H,11,12,14). The maximum Gasteiger partial charge on any atom is 0.130 e. The van der Waals surface area contributed by atoms with Crippen LogP contribution in [0.4, 0.5) is 0 Å². The van der Waals surface area contributed by atoms with E-state index in [1.54, 1.807) is 7.11 Å². The molecular weight excluding hydrogens is 196 g/mol. The molecule has 78 valence electrons. The molecule has 0 bridgehead atoms. The van der Waals surface area contributed by atoms with Crippen molar-refractivity contribution in [1.82, 2.24) is 9.97 Å². The summed E-state index contributed by atoms with van der Waals surface area (Å²) in [7, 11) is 1.66. The molecule has 0 atom stereocenters. The van der Waals surface area contributed by atoms with Crippen molar-refractivity contribution < 1.29 is 4.74 Å². The van der Waals surface area contributed by atoms with Crippen molar-refractivity contribution in [2.45, 2.75) is 32.8 Å². The van der Waals surface area contributed by atoms with Crippen LogP contribution in [0.25, 0.3) is 0 Å². The molecule has 0 aliphatic carbocycles. The van der Waals surface area contributed by atoms with Gasteiger partial charge >= 0.3 is 0 Å². The third-order valence-electron chi connectivity index (χ3n) is 1.81. The average molecular weight is 212 g/mol. The molecule has 0 aromatic carbocycles. The maximum absolute atomic E-state index is 5.08. The van der Waals surface area contributed by atoms with Gasteiger partial charge < -0.3 is 9.72 Å². The Labute approximate surface area is 89.5 Å². The summed E-state index contributed by atoms with van der Waals surface area (Å²) >= 11 is 5.08. The van der Waals surface area contributed by atoms with Crippen molar-refractivity contribution in [3.05, 3.63) is 22.2 Å². The van der Waals surface area contributed by atoms with Gasteiger partial charge in [-0.05, 0) is 6.07 Å². The van der Waals surface area contributed by atoms with E-state index in [1.807, 2.05) is 6.07 Å². The average Bonchev–Trinajstić information content (AvgIpc) is 2.02. The minimum absolute atomic E-state index is 0.0166. The highest BCUT2D eigenvalue weighted by Gasteiger charge is 2.16. The van der Waals surface area contributed by atoms with Gasteiger partial charge in [-0.3, -0.25) is 0 Å². The van der Waals surface area contributed by atoms with Gasteiger partial charge in [-0.2, -0.15) is 0 Å². The van der Waals surface area contributed by atoms with Crippen LogP contribution in [0, 0.1) is 4.64 Å². The highest BCUT2D eigenvalue weighted by atomic mass is 32.1. The van der Waals surface area contributed by atoms with E-state index in [0.717, 1.165) is 11.5 Å². The van der Waals surface area contributed by atoms with Gasteiger partial charge in [-0.15, -0.1) is 0 Å². The third kappa shape index (κ3) is 2.89. The fourth-order valence-electron chi connectivity index (χ4n) is 1.10. The van der Waals surface area contributed by atoms with E-state index in [-0.39, 0.29) is 5.41 Å². The predicted octanol–water partition coefficient (Wildman–Crippen LogP) is 2.58. The Kier molecular flexibility index (Phi) is 3.39. The van der Waals surface area contributed by atoms with E-state index >= 15 is 0 Å².